The third-order valence-electron chi connectivity index (χ3n) is 4.54. The summed E-state index contributed by atoms with van der Waals surface area (Å²) in [7, 11) is -3.66. The van der Waals surface area contributed by atoms with Gasteiger partial charge in [-0.1, -0.05) is 11.6 Å². The molecule has 1 aromatic rings. The van der Waals surface area contributed by atoms with Crippen LogP contribution in [0.3, 0.4) is 0 Å². The largest absolute Gasteiger partial charge is 0.364 e. The molecule has 0 aromatic heterocycles. The van der Waals surface area contributed by atoms with Gasteiger partial charge in [0.05, 0.1) is 11.1 Å². The summed E-state index contributed by atoms with van der Waals surface area (Å²) in [5, 5.41) is 2.86. The number of carbonyl (C=O) groups is 1. The number of nitrogens with zero attached hydrogens (tertiary/aromatic N) is 1. The maximum absolute atomic E-state index is 12.7. The third kappa shape index (κ3) is 4.49. The van der Waals surface area contributed by atoms with Gasteiger partial charge in [0.2, 0.25) is 10.0 Å². The van der Waals surface area contributed by atoms with Gasteiger partial charge < -0.3 is 15.8 Å². The van der Waals surface area contributed by atoms with Gasteiger partial charge in [-0.05, 0) is 43.9 Å². The second-order valence-electron chi connectivity index (χ2n) is 6.31. The minimum atomic E-state index is -3.66. The maximum Gasteiger partial charge on any atom is 0.253 e. The second-order valence-corrected chi connectivity index (χ2v) is 8.62. The predicted octanol–water partition coefficient (Wildman–Crippen LogP) is 1.99. The molecule has 146 valence electrons. The Morgan fingerprint density at radius 2 is 2.00 bits per heavy atom. The first kappa shape index (κ1) is 21.4. The Balaban J connectivity index is 0.00000243. The molecule has 7 nitrogen and oxygen atoms in total. The van der Waals surface area contributed by atoms with Gasteiger partial charge in [-0.15, -0.1) is 12.4 Å². The first-order valence-corrected chi connectivity index (χ1v) is 10.2. The first-order chi connectivity index (χ1) is 11.9. The van der Waals surface area contributed by atoms with Crippen LogP contribution in [0.15, 0.2) is 23.1 Å². The zero-order valence-electron chi connectivity index (χ0n) is 14.2. The van der Waals surface area contributed by atoms with Crippen molar-refractivity contribution < 1.29 is 17.9 Å². The fourth-order valence-electron chi connectivity index (χ4n) is 3.14. The van der Waals surface area contributed by atoms with E-state index in [0.717, 1.165) is 19.3 Å². The number of amides is 1. The molecule has 3 N–H and O–H groups in total. The molecule has 0 aliphatic carbocycles. The Morgan fingerprint density at radius 1 is 1.31 bits per heavy atom. The number of sulfonamides is 1. The van der Waals surface area contributed by atoms with Gasteiger partial charge in [0.1, 0.15) is 11.0 Å². The zero-order chi connectivity index (χ0) is 18.0. The van der Waals surface area contributed by atoms with Gasteiger partial charge in [0.25, 0.3) is 5.91 Å². The van der Waals surface area contributed by atoms with Crippen LogP contribution in [0.2, 0.25) is 5.02 Å². The highest BCUT2D eigenvalue weighted by molar-refractivity contribution is 7.89. The van der Waals surface area contributed by atoms with Crippen molar-refractivity contribution in [3.05, 3.63) is 23.2 Å². The number of rotatable bonds is 5. The van der Waals surface area contributed by atoms with Crippen LogP contribution in [-0.4, -0.2) is 50.5 Å². The van der Waals surface area contributed by atoms with E-state index in [1.807, 2.05) is 0 Å². The van der Waals surface area contributed by atoms with Gasteiger partial charge >= 0.3 is 0 Å². The number of nitrogens with two attached hydrogens (primary N) is 1. The number of anilines is 1. The molecule has 1 aromatic carbocycles. The topological polar surface area (TPSA) is 102 Å². The maximum atomic E-state index is 12.7. The second kappa shape index (κ2) is 8.86. The molecule has 2 aliphatic rings. The Bertz CT molecular complexity index is 754. The van der Waals surface area contributed by atoms with Crippen LogP contribution in [0.4, 0.5) is 5.69 Å². The minimum absolute atomic E-state index is 0. The average molecular weight is 424 g/mol. The quantitative estimate of drug-likeness (QED) is 0.753. The van der Waals surface area contributed by atoms with Crippen LogP contribution in [0, 0.1) is 0 Å². The summed E-state index contributed by atoms with van der Waals surface area (Å²) in [6.07, 6.45) is 2.35. The number of hydrogen-bond acceptors (Lipinski definition) is 5. The van der Waals surface area contributed by atoms with E-state index in [1.165, 1.54) is 16.4 Å². The van der Waals surface area contributed by atoms with Crippen LogP contribution in [0.1, 0.15) is 25.7 Å². The number of carbonyl (C=O) groups excluding carboxylic acids is 1. The van der Waals surface area contributed by atoms with E-state index in [4.69, 9.17) is 22.1 Å². The van der Waals surface area contributed by atoms with Crippen LogP contribution in [0.25, 0.3) is 0 Å². The zero-order valence-corrected chi connectivity index (χ0v) is 16.6. The summed E-state index contributed by atoms with van der Waals surface area (Å²) in [6, 6.07) is 4.47. The minimum Gasteiger partial charge on any atom is -0.364 e. The summed E-state index contributed by atoms with van der Waals surface area (Å²) in [6.45, 7) is 1.36. The summed E-state index contributed by atoms with van der Waals surface area (Å²) in [5.74, 6) is -0.303. The van der Waals surface area contributed by atoms with Gasteiger partial charge in [-0.25, -0.2) is 8.42 Å². The molecule has 0 unspecified atom stereocenters. The van der Waals surface area contributed by atoms with Crippen molar-refractivity contribution in [1.29, 1.82) is 0 Å². The third-order valence-corrected chi connectivity index (χ3v) is 6.92. The van der Waals surface area contributed by atoms with Gasteiger partial charge in [0.15, 0.2) is 0 Å². The Kier molecular flexibility index (Phi) is 7.29. The molecule has 0 radical (unpaired) electrons. The summed E-state index contributed by atoms with van der Waals surface area (Å²) < 4.78 is 32.4. The van der Waals surface area contributed by atoms with Crippen molar-refractivity contribution in [3.63, 3.8) is 0 Å². The average Bonchev–Trinajstić information content (AvgIpc) is 3.28. The smallest absolute Gasteiger partial charge is 0.253 e. The molecule has 2 fully saturated rings. The van der Waals surface area contributed by atoms with E-state index in [0.29, 0.717) is 31.7 Å². The van der Waals surface area contributed by atoms with E-state index in [9.17, 15) is 13.2 Å². The molecule has 2 atom stereocenters. The number of halogens is 2. The Labute approximate surface area is 164 Å². The summed E-state index contributed by atoms with van der Waals surface area (Å²) in [4.78, 5) is 12.3. The van der Waals surface area contributed by atoms with Crippen molar-refractivity contribution in [2.45, 2.75) is 42.8 Å². The normalized spacial score (nSPS) is 23.6. The molecular formula is C16H23Cl2N3O4S. The van der Waals surface area contributed by atoms with Crippen LogP contribution in [-0.2, 0) is 19.6 Å². The molecule has 2 aliphatic heterocycles. The van der Waals surface area contributed by atoms with E-state index >= 15 is 0 Å². The number of nitrogens with one attached hydrogen (secondary N) is 1. The molecule has 1 amide bonds. The lowest BCUT2D eigenvalue weighted by Crippen LogP contribution is -2.30. The first-order valence-electron chi connectivity index (χ1n) is 8.38. The van der Waals surface area contributed by atoms with Crippen molar-refractivity contribution in [2.75, 3.05) is 25.0 Å². The Morgan fingerprint density at radius 3 is 2.62 bits per heavy atom. The predicted molar refractivity (Wildman–Crippen MR) is 102 cm³/mol. The van der Waals surface area contributed by atoms with Crippen molar-refractivity contribution in [2.24, 2.45) is 5.73 Å². The fraction of sp³-hybridized carbons (Fsp3) is 0.562. The fourth-order valence-corrected chi connectivity index (χ4v) is 5.16. The number of hydrogen-bond donors (Lipinski definition) is 2. The molecule has 2 heterocycles. The van der Waals surface area contributed by atoms with Crippen molar-refractivity contribution in [1.82, 2.24) is 4.31 Å². The highest BCUT2D eigenvalue weighted by atomic mass is 35.5. The highest BCUT2D eigenvalue weighted by Gasteiger charge is 2.31. The van der Waals surface area contributed by atoms with E-state index in [2.05, 4.69) is 5.32 Å². The van der Waals surface area contributed by atoms with Gasteiger partial charge in [0, 0.05) is 25.3 Å². The van der Waals surface area contributed by atoms with Gasteiger partial charge in [-0.3, -0.25) is 4.79 Å². The van der Waals surface area contributed by atoms with E-state index < -0.39 is 16.1 Å². The monoisotopic (exact) mass is 423 g/mol. The van der Waals surface area contributed by atoms with E-state index in [-0.39, 0.29) is 34.3 Å². The molecular weight excluding hydrogens is 401 g/mol. The standard InChI is InChI=1S/C16H22ClN3O4S.ClH/c17-13-5-3-11(19-16(21)14-6-4-12(10-18)24-14)9-15(13)25(22,23)20-7-1-2-8-20;/h3,5,9,12,14H,1-2,4,6-8,10,18H2,(H,19,21);1H/t12-,14+;/m1./s1. The SMILES string of the molecule is Cl.NC[C@H]1CC[C@@H](C(=O)Nc2ccc(Cl)c(S(=O)(=O)N3CCCC3)c2)O1. The molecule has 0 spiro atoms. The van der Waals surface area contributed by atoms with Crippen molar-refractivity contribution >= 4 is 45.6 Å². The van der Waals surface area contributed by atoms with Crippen LogP contribution < -0.4 is 11.1 Å². The van der Waals surface area contributed by atoms with E-state index in [1.54, 1.807) is 6.07 Å². The molecule has 3 rings (SSSR count). The highest BCUT2D eigenvalue weighted by Crippen LogP contribution is 2.30. The van der Waals surface area contributed by atoms with Gasteiger partial charge in [-0.2, -0.15) is 4.31 Å². The summed E-state index contributed by atoms with van der Waals surface area (Å²) in [5.41, 5.74) is 5.93. The van der Waals surface area contributed by atoms with Crippen LogP contribution >= 0.6 is 24.0 Å². The lowest BCUT2D eigenvalue weighted by Gasteiger charge is -2.18. The lowest BCUT2D eigenvalue weighted by atomic mass is 10.2. The van der Waals surface area contributed by atoms with Crippen molar-refractivity contribution in [3.8, 4) is 0 Å². The molecule has 0 saturated carbocycles. The summed E-state index contributed by atoms with van der Waals surface area (Å²) >= 11 is 6.10. The number of benzene rings is 1. The molecule has 0 bridgehead atoms. The molecule has 10 heteroatoms. The lowest BCUT2D eigenvalue weighted by molar-refractivity contribution is -0.126. The molecule has 26 heavy (non-hydrogen) atoms. The number of ether oxygens (including phenoxy) is 1. The Hall–Kier alpha value is -0.900. The van der Waals surface area contributed by atoms with Crippen LogP contribution in [0.5, 0.6) is 0 Å². The molecule has 2 saturated heterocycles.